The van der Waals surface area contributed by atoms with Crippen LogP contribution in [0.4, 0.5) is 0 Å². The minimum atomic E-state index is -0.952. The monoisotopic (exact) mass is 325 g/mol. The summed E-state index contributed by atoms with van der Waals surface area (Å²) in [5, 5.41) is 10.0. The minimum absolute atomic E-state index is 0.183. The van der Waals surface area contributed by atoms with E-state index in [0.29, 0.717) is 11.1 Å². The normalized spacial score (nSPS) is 24.7. The van der Waals surface area contributed by atoms with E-state index in [4.69, 9.17) is 22.1 Å². The van der Waals surface area contributed by atoms with E-state index in [1.807, 2.05) is 19.1 Å². The first-order valence-electron chi connectivity index (χ1n) is 7.88. The Bertz CT molecular complexity index is 483. The van der Waals surface area contributed by atoms with Crippen LogP contribution < -0.4 is 5.73 Å². The van der Waals surface area contributed by atoms with Gasteiger partial charge in [0.2, 0.25) is 0 Å². The van der Waals surface area contributed by atoms with Gasteiger partial charge in [0.15, 0.2) is 0 Å². The SMILES string of the molecule is CCOC1CCC([C@H](c2ccc(Cl)cc2)[C@H](N)C(=O)O)CC1. The maximum atomic E-state index is 11.4. The summed E-state index contributed by atoms with van der Waals surface area (Å²) in [5.41, 5.74) is 6.95. The van der Waals surface area contributed by atoms with Crippen molar-refractivity contribution in [2.75, 3.05) is 6.61 Å². The van der Waals surface area contributed by atoms with Crippen molar-refractivity contribution in [3.8, 4) is 0 Å². The number of halogens is 1. The van der Waals surface area contributed by atoms with Crippen molar-refractivity contribution in [2.45, 2.75) is 50.7 Å². The molecule has 0 aromatic heterocycles. The lowest BCUT2D eigenvalue weighted by Crippen LogP contribution is -2.41. The van der Waals surface area contributed by atoms with Gasteiger partial charge in [-0.3, -0.25) is 4.79 Å². The number of benzene rings is 1. The van der Waals surface area contributed by atoms with Crippen LogP contribution in [0, 0.1) is 5.92 Å². The number of hydrogen-bond donors (Lipinski definition) is 2. The van der Waals surface area contributed by atoms with Crippen molar-refractivity contribution in [3.63, 3.8) is 0 Å². The second-order valence-electron chi connectivity index (χ2n) is 5.93. The molecule has 0 aliphatic heterocycles. The highest BCUT2D eigenvalue weighted by Crippen LogP contribution is 2.39. The molecule has 122 valence electrons. The molecule has 1 aliphatic rings. The van der Waals surface area contributed by atoms with Gasteiger partial charge in [-0.2, -0.15) is 0 Å². The first kappa shape index (κ1) is 17.3. The number of aliphatic carboxylic acids is 1. The quantitative estimate of drug-likeness (QED) is 0.840. The lowest BCUT2D eigenvalue weighted by Gasteiger charge is -2.35. The molecule has 0 bridgehead atoms. The number of nitrogens with two attached hydrogens (primary N) is 1. The minimum Gasteiger partial charge on any atom is -0.480 e. The summed E-state index contributed by atoms with van der Waals surface area (Å²) in [4.78, 5) is 11.4. The Balaban J connectivity index is 2.15. The van der Waals surface area contributed by atoms with Gasteiger partial charge in [-0.15, -0.1) is 0 Å². The highest BCUT2D eigenvalue weighted by Gasteiger charge is 2.35. The number of carboxylic acid groups (broad SMARTS) is 1. The van der Waals surface area contributed by atoms with Gasteiger partial charge in [0.05, 0.1) is 6.10 Å². The third-order valence-electron chi connectivity index (χ3n) is 4.56. The zero-order chi connectivity index (χ0) is 16.1. The smallest absolute Gasteiger partial charge is 0.321 e. The highest BCUT2D eigenvalue weighted by molar-refractivity contribution is 6.30. The average molecular weight is 326 g/mol. The summed E-state index contributed by atoms with van der Waals surface area (Å²) in [7, 11) is 0. The van der Waals surface area contributed by atoms with Crippen molar-refractivity contribution in [1.29, 1.82) is 0 Å². The van der Waals surface area contributed by atoms with Gasteiger partial charge >= 0.3 is 5.97 Å². The van der Waals surface area contributed by atoms with Crippen LogP contribution in [0.3, 0.4) is 0 Å². The van der Waals surface area contributed by atoms with Gasteiger partial charge in [-0.05, 0) is 56.2 Å². The molecule has 5 heteroatoms. The molecule has 1 fully saturated rings. The zero-order valence-electron chi connectivity index (χ0n) is 12.9. The van der Waals surface area contributed by atoms with Crippen LogP contribution in [-0.2, 0) is 9.53 Å². The van der Waals surface area contributed by atoms with Gasteiger partial charge < -0.3 is 15.6 Å². The van der Waals surface area contributed by atoms with Gasteiger partial charge in [0.25, 0.3) is 0 Å². The van der Waals surface area contributed by atoms with Gasteiger partial charge in [-0.1, -0.05) is 23.7 Å². The van der Waals surface area contributed by atoms with E-state index < -0.39 is 12.0 Å². The molecule has 0 amide bonds. The molecule has 0 unspecified atom stereocenters. The second kappa shape index (κ2) is 7.95. The molecule has 1 saturated carbocycles. The number of carbonyl (C=O) groups is 1. The maximum absolute atomic E-state index is 11.4. The number of ether oxygens (including phenoxy) is 1. The molecule has 4 nitrogen and oxygen atoms in total. The average Bonchev–Trinajstić information content (AvgIpc) is 2.51. The number of rotatable bonds is 6. The standard InChI is InChI=1S/C17H24ClNO3/c1-2-22-14-9-5-12(6-10-14)15(16(19)17(20)21)11-3-7-13(18)8-4-11/h3-4,7-8,12,14-16H,2,5-6,9-10,19H2,1H3,(H,20,21)/t12?,14?,15-,16-/m0/s1. The van der Waals surface area contributed by atoms with E-state index in [0.717, 1.165) is 37.9 Å². The largest absolute Gasteiger partial charge is 0.480 e. The lowest BCUT2D eigenvalue weighted by atomic mass is 9.73. The van der Waals surface area contributed by atoms with E-state index in [9.17, 15) is 9.90 Å². The Kier molecular flexibility index (Phi) is 6.24. The van der Waals surface area contributed by atoms with Gasteiger partial charge in [0, 0.05) is 17.5 Å². The fraction of sp³-hybridized carbons (Fsp3) is 0.588. The molecule has 0 heterocycles. The van der Waals surface area contributed by atoms with E-state index >= 15 is 0 Å². The van der Waals surface area contributed by atoms with Gasteiger partial charge in [-0.25, -0.2) is 0 Å². The molecular weight excluding hydrogens is 302 g/mol. The molecule has 0 radical (unpaired) electrons. The Labute approximate surface area is 136 Å². The molecule has 22 heavy (non-hydrogen) atoms. The summed E-state index contributed by atoms with van der Waals surface area (Å²) >= 11 is 5.93. The van der Waals surface area contributed by atoms with Crippen LogP contribution >= 0.6 is 11.6 Å². The molecule has 1 aliphatic carbocycles. The molecule has 0 spiro atoms. The van der Waals surface area contributed by atoms with Crippen molar-refractivity contribution in [1.82, 2.24) is 0 Å². The Morgan fingerprint density at radius 3 is 2.41 bits per heavy atom. The Hall–Kier alpha value is -1.10. The fourth-order valence-corrected chi connectivity index (χ4v) is 3.59. The topological polar surface area (TPSA) is 72.5 Å². The summed E-state index contributed by atoms with van der Waals surface area (Å²) in [6, 6.07) is 6.48. The molecule has 0 saturated heterocycles. The third kappa shape index (κ3) is 4.22. The summed E-state index contributed by atoms with van der Waals surface area (Å²) in [6.45, 7) is 2.73. The molecular formula is C17H24ClNO3. The van der Waals surface area contributed by atoms with E-state index in [2.05, 4.69) is 0 Å². The van der Waals surface area contributed by atoms with E-state index in [-0.39, 0.29) is 11.8 Å². The summed E-state index contributed by atoms with van der Waals surface area (Å²) in [6.07, 6.45) is 4.12. The summed E-state index contributed by atoms with van der Waals surface area (Å²) < 4.78 is 5.68. The number of carboxylic acids is 1. The zero-order valence-corrected chi connectivity index (χ0v) is 13.6. The predicted molar refractivity (Wildman–Crippen MR) is 87.2 cm³/mol. The van der Waals surface area contributed by atoms with Crippen LogP contribution in [0.1, 0.15) is 44.1 Å². The predicted octanol–water partition coefficient (Wildman–Crippen LogP) is 3.43. The Morgan fingerprint density at radius 2 is 1.91 bits per heavy atom. The third-order valence-corrected chi connectivity index (χ3v) is 4.81. The number of hydrogen-bond acceptors (Lipinski definition) is 3. The molecule has 3 N–H and O–H groups in total. The van der Waals surface area contributed by atoms with E-state index in [1.165, 1.54) is 0 Å². The highest BCUT2D eigenvalue weighted by atomic mass is 35.5. The van der Waals surface area contributed by atoms with Crippen LogP contribution in [0.2, 0.25) is 5.02 Å². The van der Waals surface area contributed by atoms with Crippen LogP contribution in [0.5, 0.6) is 0 Å². The van der Waals surface area contributed by atoms with Crippen molar-refractivity contribution < 1.29 is 14.6 Å². The van der Waals surface area contributed by atoms with E-state index in [1.54, 1.807) is 12.1 Å². The van der Waals surface area contributed by atoms with Gasteiger partial charge in [0.1, 0.15) is 6.04 Å². The van der Waals surface area contributed by atoms with Crippen LogP contribution in [0.25, 0.3) is 0 Å². The second-order valence-corrected chi connectivity index (χ2v) is 6.37. The fourth-order valence-electron chi connectivity index (χ4n) is 3.46. The van der Waals surface area contributed by atoms with Crippen molar-refractivity contribution in [3.05, 3.63) is 34.9 Å². The molecule has 2 atom stereocenters. The van der Waals surface area contributed by atoms with Crippen LogP contribution in [0.15, 0.2) is 24.3 Å². The molecule has 1 aromatic rings. The lowest BCUT2D eigenvalue weighted by molar-refractivity contribution is -0.139. The first-order chi connectivity index (χ1) is 10.5. The van der Waals surface area contributed by atoms with Crippen LogP contribution in [-0.4, -0.2) is 29.8 Å². The summed E-state index contributed by atoms with van der Waals surface area (Å²) in [5.74, 6) is -0.867. The molecule has 1 aromatic carbocycles. The van der Waals surface area contributed by atoms with Crippen molar-refractivity contribution in [2.24, 2.45) is 11.7 Å². The Morgan fingerprint density at radius 1 is 1.32 bits per heavy atom. The van der Waals surface area contributed by atoms with Crippen molar-refractivity contribution >= 4 is 17.6 Å². The molecule has 2 rings (SSSR count). The first-order valence-corrected chi connectivity index (χ1v) is 8.26. The maximum Gasteiger partial charge on any atom is 0.321 e.